The van der Waals surface area contributed by atoms with Gasteiger partial charge < -0.3 is 0 Å². The van der Waals surface area contributed by atoms with Crippen molar-refractivity contribution < 1.29 is 0 Å². The van der Waals surface area contributed by atoms with E-state index in [0.717, 1.165) is 24.6 Å². The lowest BCUT2D eigenvalue weighted by atomic mass is 10.3. The summed E-state index contributed by atoms with van der Waals surface area (Å²) in [5.74, 6) is 1.61. The molecular weight excluding hydrogens is 203 g/mol. The smallest absolute Gasteiger partial charge is 0.0226 e. The first-order valence-corrected chi connectivity index (χ1v) is 6.13. The number of unbranched alkanes of at least 4 members (excludes halogenated alkanes) is 3. The second-order valence-electron chi connectivity index (χ2n) is 2.80. The summed E-state index contributed by atoms with van der Waals surface area (Å²) in [5, 5.41) is 0. The largest absolute Gasteiger partial charge is 0.127 e. The summed E-state index contributed by atoms with van der Waals surface area (Å²) >= 11 is 10.8. The van der Waals surface area contributed by atoms with E-state index in [9.17, 15) is 0 Å². The number of halogens is 2. The molecule has 0 aliphatic carbocycles. The van der Waals surface area contributed by atoms with Gasteiger partial charge in [0, 0.05) is 11.8 Å². The molecule has 0 saturated heterocycles. The van der Waals surface area contributed by atoms with Crippen LogP contribution in [0.4, 0.5) is 0 Å². The van der Waals surface area contributed by atoms with Gasteiger partial charge in [-0.1, -0.05) is 31.9 Å². The first-order valence-electron chi connectivity index (χ1n) is 5.06. The molecule has 0 aromatic heterocycles. The highest BCUT2D eigenvalue weighted by molar-refractivity contribution is 6.18. The van der Waals surface area contributed by atoms with E-state index in [1.165, 1.54) is 19.3 Å². The molecule has 0 saturated carbocycles. The minimum Gasteiger partial charge on any atom is -0.127 e. The van der Waals surface area contributed by atoms with Crippen LogP contribution in [0.1, 0.15) is 46.0 Å². The molecule has 0 unspecified atom stereocenters. The Kier molecular flexibility index (Phi) is 22.1. The lowest BCUT2D eigenvalue weighted by molar-refractivity contribution is 0.776. The molecule has 0 aliphatic rings. The Bertz CT molecular complexity index is 86.1. The molecule has 0 bridgehead atoms. The van der Waals surface area contributed by atoms with Crippen LogP contribution in [0.25, 0.3) is 0 Å². The molecule has 0 fully saturated rings. The Labute approximate surface area is 93.3 Å². The molecule has 80 valence electrons. The number of allylic oxidation sites excluding steroid dienone is 2. The fourth-order valence-electron chi connectivity index (χ4n) is 0.706. The quantitative estimate of drug-likeness (QED) is 0.339. The van der Waals surface area contributed by atoms with Gasteiger partial charge in [-0.05, 0) is 26.2 Å². The van der Waals surface area contributed by atoms with Gasteiger partial charge in [0.05, 0.1) is 0 Å². The van der Waals surface area contributed by atoms with Crippen LogP contribution in [0.2, 0.25) is 0 Å². The fourth-order valence-corrected chi connectivity index (χ4v) is 1.05. The van der Waals surface area contributed by atoms with Gasteiger partial charge in [0.15, 0.2) is 0 Å². The highest BCUT2D eigenvalue weighted by Crippen LogP contribution is 1.93. The van der Waals surface area contributed by atoms with Crippen LogP contribution in [0.3, 0.4) is 0 Å². The summed E-state index contributed by atoms with van der Waals surface area (Å²) < 4.78 is 0. The van der Waals surface area contributed by atoms with Crippen molar-refractivity contribution in [1.29, 1.82) is 0 Å². The van der Waals surface area contributed by atoms with Gasteiger partial charge in [-0.2, -0.15) is 0 Å². The molecule has 0 rings (SSSR count). The van der Waals surface area contributed by atoms with Crippen LogP contribution < -0.4 is 0 Å². The van der Waals surface area contributed by atoms with Gasteiger partial charge in [-0.3, -0.25) is 0 Å². The molecule has 0 nitrogen and oxygen atoms in total. The zero-order valence-electron chi connectivity index (χ0n) is 8.86. The maximum absolute atomic E-state index is 5.40. The second-order valence-corrected chi connectivity index (χ2v) is 3.55. The molecule has 0 atom stereocenters. The van der Waals surface area contributed by atoms with Gasteiger partial charge in [0.1, 0.15) is 0 Å². The SMILES string of the molecule is CC=CCCCCl.CCCCCCl. The zero-order chi connectivity index (χ0) is 10.4. The molecule has 2 heteroatoms. The summed E-state index contributed by atoms with van der Waals surface area (Å²) in [6.07, 6.45) is 10.1. The summed E-state index contributed by atoms with van der Waals surface area (Å²) in [7, 11) is 0. The molecule has 0 aliphatic heterocycles. The van der Waals surface area contributed by atoms with E-state index >= 15 is 0 Å². The van der Waals surface area contributed by atoms with Gasteiger partial charge in [-0.15, -0.1) is 23.2 Å². The van der Waals surface area contributed by atoms with Gasteiger partial charge >= 0.3 is 0 Å². The summed E-state index contributed by atoms with van der Waals surface area (Å²) in [6, 6.07) is 0. The topological polar surface area (TPSA) is 0 Å². The Balaban J connectivity index is 0. The molecule has 0 N–H and O–H groups in total. The lowest BCUT2D eigenvalue weighted by Gasteiger charge is -1.84. The van der Waals surface area contributed by atoms with Crippen molar-refractivity contribution in [3.8, 4) is 0 Å². The number of alkyl halides is 2. The Hall–Kier alpha value is 0.320. The van der Waals surface area contributed by atoms with E-state index in [1.54, 1.807) is 0 Å². The highest BCUT2D eigenvalue weighted by atomic mass is 35.5. The predicted molar refractivity (Wildman–Crippen MR) is 65.0 cm³/mol. The van der Waals surface area contributed by atoms with E-state index in [4.69, 9.17) is 23.2 Å². The van der Waals surface area contributed by atoms with Crippen molar-refractivity contribution in [3.63, 3.8) is 0 Å². The molecule has 0 heterocycles. The first kappa shape index (κ1) is 15.8. The van der Waals surface area contributed by atoms with E-state index in [2.05, 4.69) is 13.0 Å². The maximum atomic E-state index is 5.40. The van der Waals surface area contributed by atoms with Crippen molar-refractivity contribution >= 4 is 23.2 Å². The zero-order valence-corrected chi connectivity index (χ0v) is 10.4. The summed E-state index contributed by atoms with van der Waals surface area (Å²) in [4.78, 5) is 0. The molecule has 0 amide bonds. The Morgan fingerprint density at radius 1 is 1.00 bits per heavy atom. The van der Waals surface area contributed by atoms with Gasteiger partial charge in [0.2, 0.25) is 0 Å². The van der Waals surface area contributed by atoms with Crippen LogP contribution in [0, 0.1) is 0 Å². The minimum absolute atomic E-state index is 0.782. The minimum atomic E-state index is 0.782. The average molecular weight is 225 g/mol. The average Bonchev–Trinajstić information content (AvgIpc) is 2.17. The molecule has 0 aromatic carbocycles. The third-order valence-electron chi connectivity index (χ3n) is 1.48. The summed E-state index contributed by atoms with van der Waals surface area (Å²) in [5.41, 5.74) is 0. The Morgan fingerprint density at radius 3 is 1.92 bits per heavy atom. The van der Waals surface area contributed by atoms with Crippen molar-refractivity contribution in [1.82, 2.24) is 0 Å². The highest BCUT2D eigenvalue weighted by Gasteiger charge is 1.77. The molecule has 0 aromatic rings. The molecular formula is C11H22Cl2. The predicted octanol–water partition coefficient (Wildman–Crippen LogP) is 5.00. The molecule has 13 heavy (non-hydrogen) atoms. The van der Waals surface area contributed by atoms with Crippen LogP contribution in [0.5, 0.6) is 0 Å². The Morgan fingerprint density at radius 2 is 1.62 bits per heavy atom. The lowest BCUT2D eigenvalue weighted by Crippen LogP contribution is -1.70. The number of hydrogen-bond acceptors (Lipinski definition) is 0. The normalized spacial score (nSPS) is 9.85. The molecule has 0 spiro atoms. The standard InChI is InChI=1S/C6H11Cl.C5H11Cl/c1-2-3-4-5-6-7;1-2-3-4-5-6/h2-3H,4-6H2,1H3;2-5H2,1H3. The number of rotatable bonds is 6. The maximum Gasteiger partial charge on any atom is 0.0226 e. The van der Waals surface area contributed by atoms with Crippen molar-refractivity contribution in [2.24, 2.45) is 0 Å². The fraction of sp³-hybridized carbons (Fsp3) is 0.818. The van der Waals surface area contributed by atoms with E-state index in [-0.39, 0.29) is 0 Å². The monoisotopic (exact) mass is 224 g/mol. The van der Waals surface area contributed by atoms with E-state index in [0.29, 0.717) is 0 Å². The van der Waals surface area contributed by atoms with Crippen molar-refractivity contribution in [2.75, 3.05) is 11.8 Å². The van der Waals surface area contributed by atoms with Gasteiger partial charge in [0.25, 0.3) is 0 Å². The first-order chi connectivity index (χ1) is 6.33. The van der Waals surface area contributed by atoms with Crippen molar-refractivity contribution in [3.05, 3.63) is 12.2 Å². The van der Waals surface area contributed by atoms with E-state index in [1.807, 2.05) is 13.0 Å². The van der Waals surface area contributed by atoms with Gasteiger partial charge in [-0.25, -0.2) is 0 Å². The van der Waals surface area contributed by atoms with Crippen LogP contribution in [-0.4, -0.2) is 11.8 Å². The summed E-state index contributed by atoms with van der Waals surface area (Å²) in [6.45, 7) is 4.20. The van der Waals surface area contributed by atoms with Crippen LogP contribution >= 0.6 is 23.2 Å². The number of hydrogen-bond donors (Lipinski definition) is 0. The third-order valence-corrected chi connectivity index (χ3v) is 2.01. The second kappa shape index (κ2) is 18.2. The van der Waals surface area contributed by atoms with E-state index < -0.39 is 0 Å². The third kappa shape index (κ3) is 24.5. The van der Waals surface area contributed by atoms with Crippen molar-refractivity contribution in [2.45, 2.75) is 46.0 Å². The van der Waals surface area contributed by atoms with Crippen LogP contribution in [-0.2, 0) is 0 Å². The molecule has 0 radical (unpaired) electrons. The van der Waals surface area contributed by atoms with Crippen LogP contribution in [0.15, 0.2) is 12.2 Å².